The van der Waals surface area contributed by atoms with Gasteiger partial charge in [-0.3, -0.25) is 0 Å². The zero-order valence-corrected chi connectivity index (χ0v) is 9.37. The highest BCUT2D eigenvalue weighted by Crippen LogP contribution is 2.27. The number of rotatable bonds is 4. The summed E-state index contributed by atoms with van der Waals surface area (Å²) in [6.07, 6.45) is 13.0. The summed E-state index contributed by atoms with van der Waals surface area (Å²) >= 11 is 0. The van der Waals surface area contributed by atoms with Crippen molar-refractivity contribution in [2.24, 2.45) is 5.92 Å². The second-order valence-electron chi connectivity index (χ2n) is 4.62. The van der Waals surface area contributed by atoms with E-state index in [1.54, 1.807) is 0 Å². The van der Waals surface area contributed by atoms with Crippen molar-refractivity contribution in [3.63, 3.8) is 0 Å². The number of allylic oxidation sites excluding steroid dienone is 1. The minimum atomic E-state index is 0.852. The molecule has 0 spiro atoms. The maximum absolute atomic E-state index is 5.48. The van der Waals surface area contributed by atoms with Crippen LogP contribution in [-0.2, 0) is 12.8 Å². The van der Waals surface area contributed by atoms with E-state index in [9.17, 15) is 0 Å². The molecular weight excluding hydrogens is 184 g/mol. The summed E-state index contributed by atoms with van der Waals surface area (Å²) in [6, 6.07) is 2.19. The van der Waals surface area contributed by atoms with Gasteiger partial charge in [-0.25, -0.2) is 0 Å². The van der Waals surface area contributed by atoms with Crippen LogP contribution in [-0.4, -0.2) is 0 Å². The smallest absolute Gasteiger partial charge is 0.107 e. The molecule has 1 nitrogen and oxygen atoms in total. The van der Waals surface area contributed by atoms with E-state index in [2.05, 4.69) is 12.6 Å². The summed E-state index contributed by atoms with van der Waals surface area (Å²) in [4.78, 5) is 0. The summed E-state index contributed by atoms with van der Waals surface area (Å²) in [7, 11) is 0. The Bertz CT molecular complexity index is 305. The van der Waals surface area contributed by atoms with Crippen LogP contribution in [0.4, 0.5) is 0 Å². The Hall–Kier alpha value is -0.980. The molecule has 0 N–H and O–H groups in total. The Balaban J connectivity index is 1.88. The monoisotopic (exact) mass is 204 g/mol. The van der Waals surface area contributed by atoms with E-state index in [0.29, 0.717) is 0 Å². The third kappa shape index (κ3) is 2.98. The van der Waals surface area contributed by atoms with Crippen LogP contribution in [0.2, 0.25) is 0 Å². The van der Waals surface area contributed by atoms with Gasteiger partial charge in [0.25, 0.3) is 0 Å². The van der Waals surface area contributed by atoms with Crippen LogP contribution in [0.3, 0.4) is 0 Å². The van der Waals surface area contributed by atoms with E-state index < -0.39 is 0 Å². The van der Waals surface area contributed by atoms with Gasteiger partial charge in [0, 0.05) is 6.42 Å². The van der Waals surface area contributed by atoms with Crippen LogP contribution in [0.1, 0.15) is 43.4 Å². The molecule has 1 heterocycles. The van der Waals surface area contributed by atoms with Crippen molar-refractivity contribution in [2.75, 3.05) is 0 Å². The largest absolute Gasteiger partial charge is 0.469 e. The average Bonchev–Trinajstić information content (AvgIpc) is 2.68. The molecule has 0 saturated heterocycles. The first kappa shape index (κ1) is 10.5. The van der Waals surface area contributed by atoms with Gasteiger partial charge in [-0.15, -0.1) is 6.58 Å². The van der Waals surface area contributed by atoms with Crippen molar-refractivity contribution in [1.29, 1.82) is 0 Å². The molecule has 0 aromatic carbocycles. The lowest BCUT2D eigenvalue weighted by atomic mass is 9.85. The van der Waals surface area contributed by atoms with Gasteiger partial charge < -0.3 is 4.42 Å². The molecule has 1 aliphatic rings. The third-order valence-electron chi connectivity index (χ3n) is 3.30. The van der Waals surface area contributed by atoms with Gasteiger partial charge in [-0.1, -0.05) is 38.2 Å². The van der Waals surface area contributed by atoms with Gasteiger partial charge in [0.15, 0.2) is 0 Å². The van der Waals surface area contributed by atoms with Crippen LogP contribution in [0, 0.1) is 5.92 Å². The first-order chi connectivity index (χ1) is 7.38. The molecule has 82 valence electrons. The van der Waals surface area contributed by atoms with Crippen LogP contribution >= 0.6 is 0 Å². The van der Waals surface area contributed by atoms with E-state index in [1.807, 2.05) is 12.3 Å². The molecule has 0 unspecified atom stereocenters. The van der Waals surface area contributed by atoms with Crippen LogP contribution in [0.25, 0.3) is 0 Å². The van der Waals surface area contributed by atoms with Gasteiger partial charge in [0.05, 0.1) is 6.26 Å². The fourth-order valence-electron chi connectivity index (χ4n) is 2.51. The minimum absolute atomic E-state index is 0.852. The normalized spacial score (nSPS) is 17.9. The Labute approximate surface area is 92.2 Å². The molecule has 1 heteroatoms. The molecule has 2 rings (SSSR count). The molecule has 0 bridgehead atoms. The summed E-state index contributed by atoms with van der Waals surface area (Å²) in [5.74, 6) is 1.95. The van der Waals surface area contributed by atoms with E-state index in [4.69, 9.17) is 4.42 Å². The van der Waals surface area contributed by atoms with E-state index in [0.717, 1.165) is 18.1 Å². The summed E-state index contributed by atoms with van der Waals surface area (Å²) < 4.78 is 5.48. The fourth-order valence-corrected chi connectivity index (χ4v) is 2.51. The Morgan fingerprint density at radius 3 is 2.87 bits per heavy atom. The lowest BCUT2D eigenvalue weighted by molar-refractivity contribution is 0.356. The molecule has 0 amide bonds. The Morgan fingerprint density at radius 1 is 1.33 bits per heavy atom. The van der Waals surface area contributed by atoms with E-state index in [-0.39, 0.29) is 0 Å². The van der Waals surface area contributed by atoms with Crippen LogP contribution < -0.4 is 0 Å². The van der Waals surface area contributed by atoms with Gasteiger partial charge in [-0.2, -0.15) is 0 Å². The number of hydrogen-bond acceptors (Lipinski definition) is 1. The zero-order chi connectivity index (χ0) is 10.5. The second kappa shape index (κ2) is 5.20. The molecule has 1 saturated carbocycles. The van der Waals surface area contributed by atoms with E-state index >= 15 is 0 Å². The molecule has 0 atom stereocenters. The predicted molar refractivity (Wildman–Crippen MR) is 62.9 cm³/mol. The fraction of sp³-hybridized carbons (Fsp3) is 0.571. The van der Waals surface area contributed by atoms with Crippen molar-refractivity contribution in [3.8, 4) is 0 Å². The summed E-state index contributed by atoms with van der Waals surface area (Å²) in [6.45, 7) is 3.72. The van der Waals surface area contributed by atoms with Crippen molar-refractivity contribution < 1.29 is 4.42 Å². The molecule has 1 aromatic rings. The topological polar surface area (TPSA) is 13.1 Å². The van der Waals surface area contributed by atoms with Crippen molar-refractivity contribution >= 4 is 0 Å². The summed E-state index contributed by atoms with van der Waals surface area (Å²) in [5, 5.41) is 0. The predicted octanol–water partition coefficient (Wildman–Crippen LogP) is 4.13. The Morgan fingerprint density at radius 2 is 2.13 bits per heavy atom. The average molecular weight is 204 g/mol. The van der Waals surface area contributed by atoms with Gasteiger partial charge in [0.1, 0.15) is 5.76 Å². The Kier molecular flexibility index (Phi) is 3.65. The van der Waals surface area contributed by atoms with Crippen molar-refractivity contribution in [2.45, 2.75) is 44.9 Å². The highest BCUT2D eigenvalue weighted by molar-refractivity contribution is 5.15. The third-order valence-corrected chi connectivity index (χ3v) is 3.30. The summed E-state index contributed by atoms with van der Waals surface area (Å²) in [5.41, 5.74) is 1.37. The van der Waals surface area contributed by atoms with Crippen molar-refractivity contribution in [1.82, 2.24) is 0 Å². The van der Waals surface area contributed by atoms with Crippen LogP contribution in [0.5, 0.6) is 0 Å². The lowest BCUT2D eigenvalue weighted by Crippen LogP contribution is -2.08. The van der Waals surface area contributed by atoms with Gasteiger partial charge >= 0.3 is 0 Å². The molecule has 1 aromatic heterocycles. The standard InChI is InChI=1S/C14H20O/c1-2-6-14-10-13(11-15-14)9-12-7-4-3-5-8-12/h2,10-12H,1,3-9H2. The number of furan rings is 1. The molecular formula is C14H20O. The molecule has 1 fully saturated rings. The van der Waals surface area contributed by atoms with E-state index in [1.165, 1.54) is 44.1 Å². The van der Waals surface area contributed by atoms with Crippen LogP contribution in [0.15, 0.2) is 29.4 Å². The maximum atomic E-state index is 5.48. The molecule has 0 aliphatic heterocycles. The lowest BCUT2D eigenvalue weighted by Gasteiger charge is -2.20. The highest BCUT2D eigenvalue weighted by atomic mass is 16.3. The molecule has 15 heavy (non-hydrogen) atoms. The molecule has 1 aliphatic carbocycles. The second-order valence-corrected chi connectivity index (χ2v) is 4.62. The minimum Gasteiger partial charge on any atom is -0.469 e. The van der Waals surface area contributed by atoms with Crippen molar-refractivity contribution in [3.05, 3.63) is 36.3 Å². The van der Waals surface area contributed by atoms with Gasteiger partial charge in [-0.05, 0) is 24.0 Å². The first-order valence-corrected chi connectivity index (χ1v) is 6.05. The van der Waals surface area contributed by atoms with Gasteiger partial charge in [0.2, 0.25) is 0 Å². The SMILES string of the molecule is C=CCc1cc(CC2CCCCC2)co1. The quantitative estimate of drug-likeness (QED) is 0.672. The maximum Gasteiger partial charge on any atom is 0.107 e. The highest BCUT2D eigenvalue weighted by Gasteiger charge is 2.14. The zero-order valence-electron chi connectivity index (χ0n) is 9.37. The molecule has 0 radical (unpaired) electrons. The first-order valence-electron chi connectivity index (χ1n) is 6.05. The number of hydrogen-bond donors (Lipinski definition) is 0.